The van der Waals surface area contributed by atoms with Gasteiger partial charge in [0.15, 0.2) is 0 Å². The number of hydrogen-bond donors (Lipinski definition) is 1. The topological polar surface area (TPSA) is 75.7 Å². The van der Waals surface area contributed by atoms with E-state index in [1.807, 2.05) is 4.90 Å². The molecule has 6 nitrogen and oxygen atoms in total. The molecule has 2 rings (SSSR count). The van der Waals surface area contributed by atoms with Crippen molar-refractivity contribution in [2.75, 3.05) is 19.4 Å². The lowest BCUT2D eigenvalue weighted by Gasteiger charge is -2.42. The molecule has 0 radical (unpaired) electrons. The lowest BCUT2D eigenvalue weighted by atomic mass is 9.80. The summed E-state index contributed by atoms with van der Waals surface area (Å²) in [6.07, 6.45) is 9.86. The highest BCUT2D eigenvalue weighted by Gasteiger charge is 2.36. The van der Waals surface area contributed by atoms with Gasteiger partial charge in [0.05, 0.1) is 25.0 Å². The predicted octanol–water partition coefficient (Wildman–Crippen LogP) is 3.32. The molecule has 0 aromatic rings. The van der Waals surface area contributed by atoms with Gasteiger partial charge in [0.2, 0.25) is 15.9 Å². The van der Waals surface area contributed by atoms with E-state index >= 15 is 0 Å². The van der Waals surface area contributed by atoms with Gasteiger partial charge in [-0.3, -0.25) is 4.79 Å². The molecule has 0 unspecified atom stereocenters. The Morgan fingerprint density at radius 1 is 1.18 bits per heavy atom. The number of carbonyl (C=O) groups is 1. The van der Waals surface area contributed by atoms with Gasteiger partial charge in [-0.2, -0.15) is 0 Å². The Labute approximate surface area is 171 Å². The Hall–Kier alpha value is -0.660. The summed E-state index contributed by atoms with van der Waals surface area (Å²) < 4.78 is 32.7. The maximum Gasteiger partial charge on any atom is 0.222 e. The molecule has 1 aliphatic heterocycles. The fourth-order valence-corrected chi connectivity index (χ4v) is 5.44. The van der Waals surface area contributed by atoms with Crippen LogP contribution in [0.25, 0.3) is 0 Å². The van der Waals surface area contributed by atoms with Gasteiger partial charge in [0.25, 0.3) is 0 Å². The third kappa shape index (κ3) is 7.30. The van der Waals surface area contributed by atoms with Crippen molar-refractivity contribution in [1.29, 1.82) is 0 Å². The van der Waals surface area contributed by atoms with E-state index in [9.17, 15) is 13.2 Å². The minimum Gasteiger partial charge on any atom is -0.376 e. The van der Waals surface area contributed by atoms with Crippen molar-refractivity contribution >= 4 is 15.9 Å². The van der Waals surface area contributed by atoms with Crippen molar-refractivity contribution in [2.45, 2.75) is 96.7 Å². The van der Waals surface area contributed by atoms with Gasteiger partial charge in [0, 0.05) is 19.0 Å². The number of sulfonamides is 1. The summed E-state index contributed by atoms with van der Waals surface area (Å²) in [6, 6.07) is -0.475. The average molecular weight is 417 g/mol. The first-order valence-corrected chi connectivity index (χ1v) is 13.0. The van der Waals surface area contributed by atoms with Crippen molar-refractivity contribution in [2.24, 2.45) is 11.8 Å². The van der Waals surface area contributed by atoms with Crippen LogP contribution in [0.4, 0.5) is 0 Å². The lowest BCUT2D eigenvalue weighted by Crippen LogP contribution is -2.59. The van der Waals surface area contributed by atoms with E-state index in [0.717, 1.165) is 44.4 Å². The highest BCUT2D eigenvalue weighted by atomic mass is 32.2. The second-order valence-corrected chi connectivity index (χ2v) is 10.8. The fraction of sp³-hybridized carbons (Fsp3) is 0.952. The zero-order valence-corrected chi connectivity index (χ0v) is 19.0. The largest absolute Gasteiger partial charge is 0.376 e. The summed E-state index contributed by atoms with van der Waals surface area (Å²) in [5, 5.41) is 0. The normalized spacial score (nSPS) is 29.2. The van der Waals surface area contributed by atoms with Crippen molar-refractivity contribution < 1.29 is 17.9 Å². The molecule has 1 aliphatic carbocycles. The molecule has 0 aromatic carbocycles. The highest BCUT2D eigenvalue weighted by molar-refractivity contribution is 7.88. The molecule has 164 valence electrons. The first kappa shape index (κ1) is 23.6. The maximum atomic E-state index is 12.7. The minimum absolute atomic E-state index is 0.124. The molecule has 1 saturated carbocycles. The smallest absolute Gasteiger partial charge is 0.222 e. The zero-order valence-electron chi connectivity index (χ0n) is 18.2. The van der Waals surface area contributed by atoms with Gasteiger partial charge in [-0.1, -0.05) is 27.2 Å². The lowest BCUT2D eigenvalue weighted by molar-refractivity contribution is -0.138. The van der Waals surface area contributed by atoms with Crippen molar-refractivity contribution in [3.05, 3.63) is 0 Å². The van der Waals surface area contributed by atoms with Crippen molar-refractivity contribution in [3.8, 4) is 0 Å². The molecule has 0 spiro atoms. The van der Waals surface area contributed by atoms with Crippen LogP contribution in [-0.2, 0) is 19.6 Å². The Bertz CT molecular complexity index is 585. The molecule has 2 atom stereocenters. The Balaban J connectivity index is 2.00. The number of carbonyl (C=O) groups excluding carboxylic acids is 1. The molecule has 1 heterocycles. The molecule has 2 aliphatic rings. The first-order chi connectivity index (χ1) is 13.2. The van der Waals surface area contributed by atoms with E-state index in [1.54, 1.807) is 0 Å². The number of rotatable bonds is 9. The van der Waals surface area contributed by atoms with Crippen LogP contribution < -0.4 is 4.72 Å². The Kier molecular flexibility index (Phi) is 9.22. The summed E-state index contributed by atoms with van der Waals surface area (Å²) in [5.41, 5.74) is 0. The zero-order chi connectivity index (χ0) is 20.7. The van der Waals surface area contributed by atoms with Gasteiger partial charge in [0.1, 0.15) is 0 Å². The SMILES string of the molecule is CCCCC(=O)N1CCC[C@H](NS(C)(=O)=O)[C@@H]1COC1CCC(C(C)C)CC1. The van der Waals surface area contributed by atoms with Crippen LogP contribution in [0.2, 0.25) is 0 Å². The molecule has 28 heavy (non-hydrogen) atoms. The standard InChI is InChI=1S/C21H40N2O4S/c1-5-6-9-21(24)23-14-7-8-19(22-28(4,25)26)20(23)15-27-18-12-10-17(11-13-18)16(2)3/h16-20,22H,5-15H2,1-4H3/t17?,18?,19-,20-/m0/s1. The minimum atomic E-state index is -3.33. The number of nitrogens with one attached hydrogen (secondary N) is 1. The third-order valence-electron chi connectivity index (χ3n) is 6.37. The van der Waals surface area contributed by atoms with E-state index in [4.69, 9.17) is 4.74 Å². The number of unbranched alkanes of at least 4 members (excludes halogenated alkanes) is 1. The quantitative estimate of drug-likeness (QED) is 0.626. The van der Waals surface area contributed by atoms with E-state index in [1.165, 1.54) is 19.1 Å². The van der Waals surface area contributed by atoms with Crippen LogP contribution in [0, 0.1) is 11.8 Å². The monoisotopic (exact) mass is 416 g/mol. The predicted molar refractivity (Wildman–Crippen MR) is 113 cm³/mol. The summed E-state index contributed by atoms with van der Waals surface area (Å²) in [5.74, 6) is 1.62. The fourth-order valence-electron chi connectivity index (χ4n) is 4.61. The summed E-state index contributed by atoms with van der Waals surface area (Å²) in [4.78, 5) is 14.6. The molecule has 2 fully saturated rings. The average Bonchev–Trinajstić information content (AvgIpc) is 2.64. The van der Waals surface area contributed by atoms with E-state index < -0.39 is 10.0 Å². The van der Waals surface area contributed by atoms with Gasteiger partial charge >= 0.3 is 0 Å². The van der Waals surface area contributed by atoms with E-state index in [2.05, 4.69) is 25.5 Å². The van der Waals surface area contributed by atoms with Gasteiger partial charge in [-0.25, -0.2) is 13.1 Å². The molecule has 0 bridgehead atoms. The van der Waals surface area contributed by atoms with Crippen LogP contribution in [0.3, 0.4) is 0 Å². The Morgan fingerprint density at radius 2 is 1.86 bits per heavy atom. The van der Waals surface area contributed by atoms with Gasteiger partial charge in [-0.15, -0.1) is 0 Å². The van der Waals surface area contributed by atoms with Crippen LogP contribution >= 0.6 is 0 Å². The van der Waals surface area contributed by atoms with Crippen molar-refractivity contribution in [3.63, 3.8) is 0 Å². The molecular weight excluding hydrogens is 376 g/mol. The number of amides is 1. The number of ether oxygens (including phenoxy) is 1. The van der Waals surface area contributed by atoms with Crippen molar-refractivity contribution in [1.82, 2.24) is 9.62 Å². The number of piperidine rings is 1. The molecular formula is C21H40N2O4S. The maximum absolute atomic E-state index is 12.7. The summed E-state index contributed by atoms with van der Waals surface area (Å²) in [6.45, 7) is 7.76. The van der Waals surface area contributed by atoms with E-state index in [0.29, 0.717) is 25.5 Å². The third-order valence-corrected chi connectivity index (χ3v) is 7.10. The molecule has 1 N–H and O–H groups in total. The van der Waals surface area contributed by atoms with E-state index in [-0.39, 0.29) is 24.1 Å². The number of hydrogen-bond acceptors (Lipinski definition) is 4. The van der Waals surface area contributed by atoms with Gasteiger partial charge < -0.3 is 9.64 Å². The van der Waals surface area contributed by atoms with Crippen LogP contribution in [-0.4, -0.2) is 56.8 Å². The molecule has 0 aromatic heterocycles. The second kappa shape index (κ2) is 10.9. The summed E-state index contributed by atoms with van der Waals surface area (Å²) in [7, 11) is -3.33. The molecule has 1 saturated heterocycles. The first-order valence-electron chi connectivity index (χ1n) is 11.1. The van der Waals surface area contributed by atoms with Crippen LogP contribution in [0.5, 0.6) is 0 Å². The number of likely N-dealkylation sites (tertiary alicyclic amines) is 1. The molecule has 7 heteroatoms. The Morgan fingerprint density at radius 3 is 2.43 bits per heavy atom. The van der Waals surface area contributed by atoms with Crippen LogP contribution in [0.15, 0.2) is 0 Å². The second-order valence-electron chi connectivity index (χ2n) is 9.01. The van der Waals surface area contributed by atoms with Crippen LogP contribution in [0.1, 0.15) is 78.6 Å². The molecule has 1 amide bonds. The highest BCUT2D eigenvalue weighted by Crippen LogP contribution is 2.32. The number of nitrogens with zero attached hydrogens (tertiary/aromatic N) is 1. The summed E-state index contributed by atoms with van der Waals surface area (Å²) >= 11 is 0. The van der Waals surface area contributed by atoms with Gasteiger partial charge in [-0.05, 0) is 56.8 Å².